The van der Waals surface area contributed by atoms with E-state index in [-0.39, 0.29) is 0 Å². The summed E-state index contributed by atoms with van der Waals surface area (Å²) in [7, 11) is 0. The van der Waals surface area contributed by atoms with Crippen molar-refractivity contribution in [1.82, 2.24) is 5.01 Å². The number of anilines is 1. The van der Waals surface area contributed by atoms with Crippen molar-refractivity contribution in [2.45, 2.75) is 26.1 Å². The first-order valence-corrected chi connectivity index (χ1v) is 5.46. The lowest BCUT2D eigenvalue weighted by molar-refractivity contribution is -0.0605. The summed E-state index contributed by atoms with van der Waals surface area (Å²) in [4.78, 5) is 0. The van der Waals surface area contributed by atoms with Gasteiger partial charge in [-0.05, 0) is 26.0 Å². The zero-order valence-corrected chi connectivity index (χ0v) is 9.31. The molecule has 1 fully saturated rings. The maximum Gasteiger partial charge on any atom is 0.0696 e. The van der Waals surface area contributed by atoms with Crippen LogP contribution in [0.2, 0.25) is 0 Å². The predicted molar refractivity (Wildman–Crippen MR) is 61.6 cm³/mol. The summed E-state index contributed by atoms with van der Waals surface area (Å²) in [6.45, 7) is 6.07. The van der Waals surface area contributed by atoms with E-state index in [0.29, 0.717) is 12.2 Å². The van der Waals surface area contributed by atoms with Crippen molar-refractivity contribution in [2.75, 3.05) is 18.5 Å². The van der Waals surface area contributed by atoms with Gasteiger partial charge in [0.15, 0.2) is 0 Å². The summed E-state index contributed by atoms with van der Waals surface area (Å²) < 4.78 is 5.67. The molecule has 0 spiro atoms. The average molecular weight is 206 g/mol. The fraction of sp³-hybridized carbons (Fsp3) is 0.500. The Morgan fingerprint density at radius 3 is 2.33 bits per heavy atom. The van der Waals surface area contributed by atoms with Crippen LogP contribution in [0.5, 0.6) is 0 Å². The summed E-state index contributed by atoms with van der Waals surface area (Å²) in [5.41, 5.74) is 4.53. The number of nitrogens with one attached hydrogen (secondary N) is 1. The van der Waals surface area contributed by atoms with Gasteiger partial charge in [-0.3, -0.25) is 0 Å². The summed E-state index contributed by atoms with van der Waals surface area (Å²) in [6.07, 6.45) is 0.593. The molecule has 0 amide bonds. The SMILES string of the molecule is CC1CN(Nc2ccccc2)CC(C)O1. The number of ether oxygens (including phenoxy) is 1. The first-order chi connectivity index (χ1) is 7.24. The molecule has 1 aromatic rings. The highest BCUT2D eigenvalue weighted by Crippen LogP contribution is 2.13. The molecule has 82 valence electrons. The van der Waals surface area contributed by atoms with Gasteiger partial charge in [0.25, 0.3) is 0 Å². The van der Waals surface area contributed by atoms with E-state index in [1.54, 1.807) is 0 Å². The van der Waals surface area contributed by atoms with E-state index in [4.69, 9.17) is 4.74 Å². The van der Waals surface area contributed by atoms with Gasteiger partial charge in [-0.15, -0.1) is 0 Å². The van der Waals surface area contributed by atoms with Gasteiger partial charge in [0, 0.05) is 18.8 Å². The summed E-state index contributed by atoms with van der Waals surface area (Å²) in [5.74, 6) is 0. The standard InChI is InChI=1S/C12H18N2O/c1-10-8-14(9-11(2)15-10)13-12-6-4-3-5-7-12/h3-7,10-11,13H,8-9H2,1-2H3. The Hall–Kier alpha value is -1.06. The van der Waals surface area contributed by atoms with Crippen LogP contribution >= 0.6 is 0 Å². The molecule has 1 aliphatic rings. The first-order valence-electron chi connectivity index (χ1n) is 5.46. The molecule has 1 aliphatic heterocycles. The third-order valence-corrected chi connectivity index (χ3v) is 2.48. The second-order valence-electron chi connectivity index (χ2n) is 4.14. The lowest BCUT2D eigenvalue weighted by atomic mass is 10.2. The number of benzene rings is 1. The Labute approximate surface area is 91.0 Å². The van der Waals surface area contributed by atoms with E-state index in [2.05, 4.69) is 36.4 Å². The van der Waals surface area contributed by atoms with Crippen LogP contribution in [0.15, 0.2) is 30.3 Å². The van der Waals surface area contributed by atoms with Gasteiger partial charge in [-0.25, -0.2) is 5.01 Å². The lowest BCUT2D eigenvalue weighted by Crippen LogP contribution is -2.47. The molecule has 1 heterocycles. The summed E-state index contributed by atoms with van der Waals surface area (Å²) in [6, 6.07) is 10.2. The lowest BCUT2D eigenvalue weighted by Gasteiger charge is -2.35. The molecule has 2 rings (SSSR count). The van der Waals surface area contributed by atoms with E-state index in [9.17, 15) is 0 Å². The monoisotopic (exact) mass is 206 g/mol. The van der Waals surface area contributed by atoms with E-state index in [0.717, 1.165) is 18.8 Å². The number of para-hydroxylation sites is 1. The Morgan fingerprint density at radius 1 is 1.13 bits per heavy atom. The molecular formula is C12H18N2O. The minimum Gasteiger partial charge on any atom is -0.373 e. The second kappa shape index (κ2) is 4.64. The summed E-state index contributed by atoms with van der Waals surface area (Å²) in [5, 5.41) is 2.22. The molecule has 0 bridgehead atoms. The predicted octanol–water partition coefficient (Wildman–Crippen LogP) is 2.12. The van der Waals surface area contributed by atoms with Crippen LogP contribution < -0.4 is 5.43 Å². The van der Waals surface area contributed by atoms with E-state index < -0.39 is 0 Å². The van der Waals surface area contributed by atoms with Crippen LogP contribution in [-0.4, -0.2) is 30.3 Å². The van der Waals surface area contributed by atoms with E-state index in [1.807, 2.05) is 18.2 Å². The van der Waals surface area contributed by atoms with Crippen molar-refractivity contribution in [3.8, 4) is 0 Å². The van der Waals surface area contributed by atoms with Crippen LogP contribution in [0.1, 0.15) is 13.8 Å². The van der Waals surface area contributed by atoms with Crippen LogP contribution in [0.4, 0.5) is 5.69 Å². The average Bonchev–Trinajstić information content (AvgIpc) is 2.17. The quantitative estimate of drug-likeness (QED) is 0.802. The van der Waals surface area contributed by atoms with Crippen molar-refractivity contribution < 1.29 is 4.74 Å². The zero-order valence-electron chi connectivity index (χ0n) is 9.31. The molecule has 0 aromatic heterocycles. The molecule has 1 aromatic carbocycles. The molecule has 1 N–H and O–H groups in total. The Balaban J connectivity index is 1.94. The van der Waals surface area contributed by atoms with Crippen LogP contribution in [0.25, 0.3) is 0 Å². The second-order valence-corrected chi connectivity index (χ2v) is 4.14. The van der Waals surface area contributed by atoms with Crippen molar-refractivity contribution in [3.05, 3.63) is 30.3 Å². The van der Waals surface area contributed by atoms with E-state index >= 15 is 0 Å². The molecule has 0 saturated carbocycles. The van der Waals surface area contributed by atoms with Gasteiger partial charge >= 0.3 is 0 Å². The smallest absolute Gasteiger partial charge is 0.0696 e. The fourth-order valence-corrected chi connectivity index (χ4v) is 1.96. The Kier molecular flexibility index (Phi) is 3.23. The molecule has 3 nitrogen and oxygen atoms in total. The van der Waals surface area contributed by atoms with Gasteiger partial charge in [-0.1, -0.05) is 18.2 Å². The molecule has 1 saturated heterocycles. The molecule has 2 atom stereocenters. The Morgan fingerprint density at radius 2 is 1.73 bits per heavy atom. The first kappa shape index (κ1) is 10.5. The largest absolute Gasteiger partial charge is 0.373 e. The molecule has 2 unspecified atom stereocenters. The molecule has 0 aliphatic carbocycles. The fourth-order valence-electron chi connectivity index (χ4n) is 1.96. The molecule has 15 heavy (non-hydrogen) atoms. The third-order valence-electron chi connectivity index (χ3n) is 2.48. The van der Waals surface area contributed by atoms with Gasteiger partial charge < -0.3 is 10.2 Å². The van der Waals surface area contributed by atoms with Gasteiger partial charge in [0.1, 0.15) is 0 Å². The molecule has 3 heteroatoms. The van der Waals surface area contributed by atoms with Gasteiger partial charge in [0.05, 0.1) is 12.2 Å². The maximum atomic E-state index is 5.67. The van der Waals surface area contributed by atoms with Crippen molar-refractivity contribution >= 4 is 5.69 Å². The number of hydrazine groups is 1. The highest BCUT2D eigenvalue weighted by molar-refractivity contribution is 5.41. The highest BCUT2D eigenvalue weighted by atomic mass is 16.5. The zero-order chi connectivity index (χ0) is 10.7. The number of nitrogens with zero attached hydrogens (tertiary/aromatic N) is 1. The molecular weight excluding hydrogens is 188 g/mol. The van der Waals surface area contributed by atoms with Crippen molar-refractivity contribution in [2.24, 2.45) is 0 Å². The minimum absolute atomic E-state index is 0.296. The number of morpholine rings is 1. The molecule has 0 radical (unpaired) electrons. The van der Waals surface area contributed by atoms with Crippen LogP contribution in [-0.2, 0) is 4.74 Å². The minimum atomic E-state index is 0.296. The normalized spacial score (nSPS) is 27.6. The van der Waals surface area contributed by atoms with Gasteiger partial charge in [0.2, 0.25) is 0 Å². The van der Waals surface area contributed by atoms with Crippen molar-refractivity contribution in [1.29, 1.82) is 0 Å². The maximum absolute atomic E-state index is 5.67. The van der Waals surface area contributed by atoms with Crippen LogP contribution in [0, 0.1) is 0 Å². The summed E-state index contributed by atoms with van der Waals surface area (Å²) >= 11 is 0. The van der Waals surface area contributed by atoms with E-state index in [1.165, 1.54) is 0 Å². The number of rotatable bonds is 2. The number of hydrogen-bond acceptors (Lipinski definition) is 3. The van der Waals surface area contributed by atoms with Crippen molar-refractivity contribution in [3.63, 3.8) is 0 Å². The highest BCUT2D eigenvalue weighted by Gasteiger charge is 2.21. The number of hydrogen-bond donors (Lipinski definition) is 1. The third kappa shape index (κ3) is 2.94. The Bertz CT molecular complexity index is 292. The topological polar surface area (TPSA) is 24.5 Å². The van der Waals surface area contributed by atoms with Gasteiger partial charge in [-0.2, -0.15) is 0 Å². The van der Waals surface area contributed by atoms with Crippen LogP contribution in [0.3, 0.4) is 0 Å².